The van der Waals surface area contributed by atoms with E-state index in [0.29, 0.717) is 55.1 Å². The number of methoxy groups -OCH3 is 1. The highest BCUT2D eigenvalue weighted by molar-refractivity contribution is 5.96. The number of nitrogens with zero attached hydrogens (tertiary/aromatic N) is 2. The molecule has 8 nitrogen and oxygen atoms in total. The number of ether oxygens (including phenoxy) is 3. The fourth-order valence-corrected chi connectivity index (χ4v) is 3.50. The van der Waals surface area contributed by atoms with Crippen LogP contribution in [0.2, 0.25) is 0 Å². The summed E-state index contributed by atoms with van der Waals surface area (Å²) in [6.07, 6.45) is 1.10. The molecule has 2 aromatic rings. The number of amides is 1. The summed E-state index contributed by atoms with van der Waals surface area (Å²) in [6.45, 7) is 4.38. The Hall–Kier alpha value is -3.16. The fraction of sp³-hybridized carbons (Fsp3) is 0.455. The Labute approximate surface area is 175 Å². The summed E-state index contributed by atoms with van der Waals surface area (Å²) in [6, 6.07) is 7.10. The van der Waals surface area contributed by atoms with Gasteiger partial charge in [0.2, 0.25) is 0 Å². The van der Waals surface area contributed by atoms with E-state index in [1.165, 1.54) is 0 Å². The van der Waals surface area contributed by atoms with Crippen LogP contribution in [0.25, 0.3) is 10.9 Å². The van der Waals surface area contributed by atoms with Crippen LogP contribution in [0.15, 0.2) is 24.3 Å². The molecule has 2 heterocycles. The van der Waals surface area contributed by atoms with Crippen LogP contribution >= 0.6 is 0 Å². The lowest BCUT2D eigenvalue weighted by Gasteiger charge is -2.30. The van der Waals surface area contributed by atoms with Gasteiger partial charge < -0.3 is 19.1 Å². The molecule has 3 rings (SSSR count). The fourth-order valence-electron chi connectivity index (χ4n) is 3.50. The number of esters is 2. The third kappa shape index (κ3) is 4.87. The first-order chi connectivity index (χ1) is 14.4. The van der Waals surface area contributed by atoms with E-state index in [4.69, 9.17) is 14.2 Å². The Morgan fingerprint density at radius 2 is 1.87 bits per heavy atom. The highest BCUT2D eigenvalue weighted by Gasteiger charge is 2.28. The Balaban J connectivity index is 1.57. The summed E-state index contributed by atoms with van der Waals surface area (Å²) >= 11 is 0. The van der Waals surface area contributed by atoms with Crippen molar-refractivity contribution in [3.63, 3.8) is 0 Å². The van der Waals surface area contributed by atoms with Crippen LogP contribution in [0.4, 0.5) is 0 Å². The number of likely N-dealkylation sites (tertiary alicyclic amines) is 1. The van der Waals surface area contributed by atoms with Gasteiger partial charge in [-0.15, -0.1) is 0 Å². The number of carbonyl (C=O) groups is 3. The van der Waals surface area contributed by atoms with E-state index >= 15 is 0 Å². The minimum absolute atomic E-state index is 0.179. The lowest BCUT2D eigenvalue weighted by molar-refractivity contribution is -0.151. The number of carbonyl (C=O) groups excluding carboxylic acids is 3. The highest BCUT2D eigenvalue weighted by Crippen LogP contribution is 2.22. The molecule has 1 aromatic heterocycles. The second-order valence-electron chi connectivity index (χ2n) is 7.16. The molecule has 8 heteroatoms. The van der Waals surface area contributed by atoms with Crippen molar-refractivity contribution in [1.82, 2.24) is 9.88 Å². The van der Waals surface area contributed by atoms with Gasteiger partial charge in [-0.2, -0.15) is 0 Å². The second kappa shape index (κ2) is 9.56. The zero-order valence-corrected chi connectivity index (χ0v) is 17.5. The number of aryl methyl sites for hydroxylation is 1. The van der Waals surface area contributed by atoms with Crippen molar-refractivity contribution in [3.8, 4) is 5.75 Å². The molecule has 0 saturated carbocycles. The molecule has 1 saturated heterocycles. The number of rotatable bonds is 6. The van der Waals surface area contributed by atoms with Gasteiger partial charge in [0.15, 0.2) is 6.61 Å². The van der Waals surface area contributed by atoms with Gasteiger partial charge in [0, 0.05) is 24.5 Å². The van der Waals surface area contributed by atoms with Crippen molar-refractivity contribution in [2.75, 3.05) is 33.4 Å². The first kappa shape index (κ1) is 21.5. The molecular weight excluding hydrogens is 388 g/mol. The molecule has 1 amide bonds. The summed E-state index contributed by atoms with van der Waals surface area (Å²) in [5.74, 6) is -0.578. The molecule has 0 spiro atoms. The molecule has 0 bridgehead atoms. The predicted octanol–water partition coefficient (Wildman–Crippen LogP) is 2.51. The van der Waals surface area contributed by atoms with Crippen LogP contribution in [-0.4, -0.2) is 61.1 Å². The molecule has 1 aliphatic heterocycles. The summed E-state index contributed by atoms with van der Waals surface area (Å²) in [5, 5.41) is 0.778. The summed E-state index contributed by atoms with van der Waals surface area (Å²) in [5.41, 5.74) is 1.55. The summed E-state index contributed by atoms with van der Waals surface area (Å²) < 4.78 is 15.5. The molecule has 1 fully saturated rings. The van der Waals surface area contributed by atoms with Gasteiger partial charge in [-0.05, 0) is 44.9 Å². The van der Waals surface area contributed by atoms with Crippen LogP contribution in [0.5, 0.6) is 5.75 Å². The monoisotopic (exact) mass is 414 g/mol. The number of aromatic nitrogens is 1. The van der Waals surface area contributed by atoms with Crippen LogP contribution in [0.1, 0.15) is 35.8 Å². The Morgan fingerprint density at radius 1 is 1.13 bits per heavy atom. The van der Waals surface area contributed by atoms with Gasteiger partial charge in [-0.25, -0.2) is 4.79 Å². The first-order valence-corrected chi connectivity index (χ1v) is 9.99. The number of fused-ring (bicyclic) bond motifs is 1. The number of pyridine rings is 1. The van der Waals surface area contributed by atoms with Crippen molar-refractivity contribution >= 4 is 28.7 Å². The largest absolute Gasteiger partial charge is 0.497 e. The van der Waals surface area contributed by atoms with Gasteiger partial charge in [-0.3, -0.25) is 14.6 Å². The normalized spacial score (nSPS) is 14.4. The Morgan fingerprint density at radius 3 is 2.53 bits per heavy atom. The molecule has 0 atom stereocenters. The molecule has 0 radical (unpaired) electrons. The van der Waals surface area contributed by atoms with Gasteiger partial charge in [0.05, 0.1) is 36.4 Å². The van der Waals surface area contributed by atoms with Gasteiger partial charge >= 0.3 is 11.9 Å². The van der Waals surface area contributed by atoms with Crippen molar-refractivity contribution in [2.24, 2.45) is 5.92 Å². The Bertz CT molecular complexity index is 950. The van der Waals surface area contributed by atoms with Gasteiger partial charge in [0.1, 0.15) is 5.75 Å². The third-order valence-electron chi connectivity index (χ3n) is 5.23. The number of benzene rings is 1. The predicted molar refractivity (Wildman–Crippen MR) is 109 cm³/mol. The summed E-state index contributed by atoms with van der Waals surface area (Å²) in [4.78, 5) is 42.8. The molecule has 1 aliphatic rings. The minimum atomic E-state index is -0.590. The van der Waals surface area contributed by atoms with E-state index in [-0.39, 0.29) is 24.4 Å². The summed E-state index contributed by atoms with van der Waals surface area (Å²) in [7, 11) is 1.58. The van der Waals surface area contributed by atoms with Gasteiger partial charge in [-0.1, -0.05) is 0 Å². The zero-order valence-electron chi connectivity index (χ0n) is 17.5. The number of hydrogen-bond donors (Lipinski definition) is 0. The molecular formula is C22H26N2O6. The maximum Gasteiger partial charge on any atom is 0.340 e. The van der Waals surface area contributed by atoms with E-state index in [0.717, 1.165) is 5.39 Å². The molecule has 0 N–H and O–H groups in total. The highest BCUT2D eigenvalue weighted by atomic mass is 16.5. The second-order valence-corrected chi connectivity index (χ2v) is 7.16. The molecule has 0 aliphatic carbocycles. The minimum Gasteiger partial charge on any atom is -0.497 e. The number of hydrogen-bond acceptors (Lipinski definition) is 7. The maximum atomic E-state index is 12.5. The van der Waals surface area contributed by atoms with Crippen LogP contribution in [0, 0.1) is 12.8 Å². The van der Waals surface area contributed by atoms with E-state index in [1.54, 1.807) is 44.1 Å². The van der Waals surface area contributed by atoms with Crippen molar-refractivity contribution in [1.29, 1.82) is 0 Å². The molecule has 0 unspecified atom stereocenters. The average molecular weight is 414 g/mol. The van der Waals surface area contributed by atoms with E-state index in [2.05, 4.69) is 4.98 Å². The van der Waals surface area contributed by atoms with Crippen LogP contribution in [-0.2, 0) is 19.1 Å². The van der Waals surface area contributed by atoms with Crippen molar-refractivity contribution in [2.45, 2.75) is 26.7 Å². The molecule has 160 valence electrons. The lowest BCUT2D eigenvalue weighted by Crippen LogP contribution is -2.42. The SMILES string of the molecule is CCOC(=O)C1CCN(C(=O)COC(=O)c2cc3ccc(OC)cc3nc2C)CC1. The van der Waals surface area contributed by atoms with Crippen LogP contribution in [0.3, 0.4) is 0 Å². The van der Waals surface area contributed by atoms with E-state index in [1.807, 2.05) is 6.07 Å². The topological polar surface area (TPSA) is 95.0 Å². The Kier molecular flexibility index (Phi) is 6.87. The maximum absolute atomic E-state index is 12.5. The van der Waals surface area contributed by atoms with Crippen LogP contribution < -0.4 is 4.74 Å². The molecule has 30 heavy (non-hydrogen) atoms. The number of piperidine rings is 1. The zero-order chi connectivity index (χ0) is 21.7. The quantitative estimate of drug-likeness (QED) is 0.670. The third-order valence-corrected chi connectivity index (χ3v) is 5.23. The van der Waals surface area contributed by atoms with Crippen molar-refractivity contribution in [3.05, 3.63) is 35.5 Å². The van der Waals surface area contributed by atoms with Gasteiger partial charge in [0.25, 0.3) is 5.91 Å². The standard InChI is InChI=1S/C22H26N2O6/c1-4-29-21(26)15-7-9-24(10-8-15)20(25)13-30-22(27)18-11-16-5-6-17(28-3)12-19(16)23-14(18)2/h5-6,11-12,15H,4,7-10,13H2,1-3H3. The lowest BCUT2D eigenvalue weighted by atomic mass is 9.97. The average Bonchev–Trinajstić information content (AvgIpc) is 2.76. The van der Waals surface area contributed by atoms with E-state index in [9.17, 15) is 14.4 Å². The smallest absolute Gasteiger partial charge is 0.340 e. The van der Waals surface area contributed by atoms with Crippen molar-refractivity contribution < 1.29 is 28.6 Å². The first-order valence-electron chi connectivity index (χ1n) is 9.99. The van der Waals surface area contributed by atoms with E-state index < -0.39 is 5.97 Å². The molecule has 1 aromatic carbocycles.